The van der Waals surface area contributed by atoms with E-state index in [2.05, 4.69) is 23.7 Å². The molecule has 1 fully saturated rings. The van der Waals surface area contributed by atoms with Gasteiger partial charge < -0.3 is 15.2 Å². The maximum Gasteiger partial charge on any atom is 0.432 e. The summed E-state index contributed by atoms with van der Waals surface area (Å²) < 4.78 is 35.3. The van der Waals surface area contributed by atoms with Crippen molar-refractivity contribution >= 4 is 0 Å². The van der Waals surface area contributed by atoms with Gasteiger partial charge in [-0.3, -0.25) is 14.7 Å². The molecule has 3 N–H and O–H groups in total. The Bertz CT molecular complexity index is 519. The van der Waals surface area contributed by atoms with Crippen molar-refractivity contribution in [2.24, 2.45) is 0 Å². The molecular formula is C13H20F3N3O3. The molecule has 1 aliphatic heterocycles. The molecule has 0 aliphatic carbocycles. The lowest BCUT2D eigenvalue weighted by atomic mass is 10.0. The summed E-state index contributed by atoms with van der Waals surface area (Å²) >= 11 is 0. The molecule has 0 spiro atoms. The largest absolute Gasteiger partial charge is 0.432 e. The Morgan fingerprint density at radius 1 is 1.32 bits per heavy atom. The highest BCUT2D eigenvalue weighted by molar-refractivity contribution is 4.99. The molecule has 1 aliphatic rings. The molecule has 1 aromatic rings. The number of piperidine rings is 1. The molecule has 1 saturated heterocycles. The van der Waals surface area contributed by atoms with E-state index < -0.39 is 29.6 Å². The Hall–Kier alpha value is -1.45. The van der Waals surface area contributed by atoms with Gasteiger partial charge in [0.25, 0.3) is 5.56 Å². The van der Waals surface area contributed by atoms with Crippen molar-refractivity contribution in [1.82, 2.24) is 14.9 Å². The van der Waals surface area contributed by atoms with Gasteiger partial charge in [-0.15, -0.1) is 0 Å². The highest BCUT2D eigenvalue weighted by atomic mass is 19.4. The number of nitrogens with one attached hydrogen (secondary N) is 1. The van der Waals surface area contributed by atoms with Crippen LogP contribution in [0.3, 0.4) is 0 Å². The van der Waals surface area contributed by atoms with E-state index in [4.69, 9.17) is 0 Å². The summed E-state index contributed by atoms with van der Waals surface area (Å²) in [6.45, 7) is 5.71. The number of H-pyrrole nitrogens is 1. The van der Waals surface area contributed by atoms with Crippen molar-refractivity contribution in [3.63, 3.8) is 0 Å². The predicted molar refractivity (Wildman–Crippen MR) is 73.2 cm³/mol. The third kappa shape index (κ3) is 5.74. The standard InChI is InChI=1S/C8H17NO2.C5H3F3N2O/c1-6(2)9-4-3-7(10)8(11)5-9;6-5(7,8)3-1-9-2-4(11)10-3/h6-8,10-11H,3-5H2,1-2H3;1-2H,(H,10,11). The average Bonchev–Trinajstić information content (AvgIpc) is 2.41. The van der Waals surface area contributed by atoms with Crippen molar-refractivity contribution < 1.29 is 23.4 Å². The number of hydrogen-bond acceptors (Lipinski definition) is 5. The van der Waals surface area contributed by atoms with Crippen LogP contribution in [0.5, 0.6) is 0 Å². The summed E-state index contributed by atoms with van der Waals surface area (Å²) in [5.41, 5.74) is -2.00. The molecule has 2 unspecified atom stereocenters. The minimum atomic E-state index is -4.53. The quantitative estimate of drug-likeness (QED) is 0.705. The fourth-order valence-corrected chi connectivity index (χ4v) is 1.93. The fraction of sp³-hybridized carbons (Fsp3) is 0.692. The summed E-state index contributed by atoms with van der Waals surface area (Å²) in [7, 11) is 0. The van der Waals surface area contributed by atoms with Crippen LogP contribution >= 0.6 is 0 Å². The number of nitrogens with zero attached hydrogens (tertiary/aromatic N) is 2. The predicted octanol–water partition coefficient (Wildman–Crippen LogP) is 0.611. The fourth-order valence-electron chi connectivity index (χ4n) is 1.93. The van der Waals surface area contributed by atoms with E-state index in [0.717, 1.165) is 12.7 Å². The zero-order chi connectivity index (χ0) is 16.9. The van der Waals surface area contributed by atoms with Crippen LogP contribution in [0.25, 0.3) is 0 Å². The Morgan fingerprint density at radius 2 is 1.95 bits per heavy atom. The van der Waals surface area contributed by atoms with Crippen LogP contribution in [0.1, 0.15) is 26.0 Å². The van der Waals surface area contributed by atoms with Gasteiger partial charge >= 0.3 is 6.18 Å². The van der Waals surface area contributed by atoms with E-state index in [9.17, 15) is 28.2 Å². The third-order valence-corrected chi connectivity index (χ3v) is 3.27. The lowest BCUT2D eigenvalue weighted by molar-refractivity contribution is -0.141. The Kier molecular flexibility index (Phi) is 6.51. The second-order valence-electron chi connectivity index (χ2n) is 5.32. The molecule has 22 heavy (non-hydrogen) atoms. The van der Waals surface area contributed by atoms with Crippen LogP contribution in [0, 0.1) is 0 Å². The van der Waals surface area contributed by atoms with E-state index in [1.165, 1.54) is 0 Å². The van der Waals surface area contributed by atoms with Crippen LogP contribution in [-0.4, -0.2) is 56.4 Å². The molecule has 0 bridgehead atoms. The maximum atomic E-state index is 11.8. The number of alkyl halides is 3. The van der Waals surface area contributed by atoms with Crippen LogP contribution in [0.15, 0.2) is 17.2 Å². The minimum Gasteiger partial charge on any atom is -0.390 e. The molecular weight excluding hydrogens is 303 g/mol. The van der Waals surface area contributed by atoms with Crippen molar-refractivity contribution in [3.05, 3.63) is 28.4 Å². The number of halogens is 3. The molecule has 2 heterocycles. The molecule has 0 radical (unpaired) electrons. The zero-order valence-electron chi connectivity index (χ0n) is 12.3. The average molecular weight is 323 g/mol. The van der Waals surface area contributed by atoms with Gasteiger partial charge in [0, 0.05) is 19.1 Å². The summed E-state index contributed by atoms with van der Waals surface area (Å²) in [4.78, 5) is 17.2. The smallest absolute Gasteiger partial charge is 0.390 e. The van der Waals surface area contributed by atoms with Gasteiger partial charge in [0.15, 0.2) is 0 Å². The van der Waals surface area contributed by atoms with Crippen molar-refractivity contribution in [3.8, 4) is 0 Å². The van der Waals surface area contributed by atoms with E-state index >= 15 is 0 Å². The van der Waals surface area contributed by atoms with E-state index in [-0.39, 0.29) is 0 Å². The number of β-amino-alcohol motifs (C(OH)–C–C–N with tert-alkyl or cyclic N) is 1. The van der Waals surface area contributed by atoms with E-state index in [1.807, 2.05) is 0 Å². The van der Waals surface area contributed by atoms with Crippen molar-refractivity contribution in [1.29, 1.82) is 0 Å². The number of hydrogen-bond donors (Lipinski definition) is 3. The van der Waals surface area contributed by atoms with Gasteiger partial charge in [-0.2, -0.15) is 13.2 Å². The Balaban J connectivity index is 0.000000220. The lowest BCUT2D eigenvalue weighted by Crippen LogP contribution is -2.49. The summed E-state index contributed by atoms with van der Waals surface area (Å²) in [6.07, 6.45) is -3.57. The molecule has 0 saturated carbocycles. The summed E-state index contributed by atoms with van der Waals surface area (Å²) in [5, 5.41) is 18.5. The lowest BCUT2D eigenvalue weighted by Gasteiger charge is -2.35. The normalized spacial score (nSPS) is 23.1. The van der Waals surface area contributed by atoms with E-state index in [0.29, 0.717) is 25.2 Å². The van der Waals surface area contributed by atoms with E-state index in [1.54, 1.807) is 4.98 Å². The molecule has 9 heteroatoms. The number of likely N-dealkylation sites (tertiary alicyclic amines) is 1. The molecule has 126 valence electrons. The molecule has 0 aromatic carbocycles. The first-order chi connectivity index (χ1) is 10.1. The van der Waals surface area contributed by atoms with Gasteiger partial charge in [0.05, 0.1) is 24.6 Å². The van der Waals surface area contributed by atoms with Gasteiger partial charge in [-0.1, -0.05) is 0 Å². The molecule has 1 aromatic heterocycles. The second kappa shape index (κ2) is 7.70. The highest BCUT2D eigenvalue weighted by Crippen LogP contribution is 2.25. The Labute approximate surface area is 125 Å². The first-order valence-electron chi connectivity index (χ1n) is 6.83. The van der Waals surface area contributed by atoms with Gasteiger partial charge in [-0.05, 0) is 20.3 Å². The SMILES string of the molecule is CC(C)N1CCC(O)C(O)C1.O=c1cncc(C(F)(F)F)[nH]1. The molecule has 0 amide bonds. The zero-order valence-corrected chi connectivity index (χ0v) is 12.3. The van der Waals surface area contributed by atoms with Crippen molar-refractivity contribution in [2.45, 2.75) is 44.7 Å². The summed E-state index contributed by atoms with van der Waals surface area (Å²) in [6, 6.07) is 0.470. The van der Waals surface area contributed by atoms with Crippen LogP contribution in [-0.2, 0) is 6.18 Å². The molecule has 6 nitrogen and oxygen atoms in total. The minimum absolute atomic E-state index is 0.470. The number of aromatic nitrogens is 2. The van der Waals surface area contributed by atoms with Crippen LogP contribution in [0.2, 0.25) is 0 Å². The summed E-state index contributed by atoms with van der Waals surface area (Å²) in [5.74, 6) is 0. The number of aromatic amines is 1. The number of aliphatic hydroxyl groups excluding tert-OH is 2. The number of aliphatic hydroxyl groups is 2. The molecule has 2 atom stereocenters. The number of rotatable bonds is 1. The third-order valence-electron chi connectivity index (χ3n) is 3.27. The van der Waals surface area contributed by atoms with Crippen molar-refractivity contribution in [2.75, 3.05) is 13.1 Å². The first-order valence-corrected chi connectivity index (χ1v) is 6.83. The van der Waals surface area contributed by atoms with Crippen LogP contribution in [0.4, 0.5) is 13.2 Å². The van der Waals surface area contributed by atoms with Crippen LogP contribution < -0.4 is 5.56 Å². The maximum absolute atomic E-state index is 11.8. The topological polar surface area (TPSA) is 89.4 Å². The second-order valence-corrected chi connectivity index (χ2v) is 5.32. The van der Waals surface area contributed by atoms with Gasteiger partial charge in [0.1, 0.15) is 5.69 Å². The highest BCUT2D eigenvalue weighted by Gasteiger charge is 2.32. The first kappa shape index (κ1) is 18.6. The van der Waals surface area contributed by atoms with Gasteiger partial charge in [-0.25, -0.2) is 0 Å². The Morgan fingerprint density at radius 3 is 2.36 bits per heavy atom. The monoisotopic (exact) mass is 323 g/mol. The molecule has 2 rings (SSSR count). The van der Waals surface area contributed by atoms with Gasteiger partial charge in [0.2, 0.25) is 0 Å².